The molecule has 1 amide bonds. The molecule has 0 bridgehead atoms. The maximum Gasteiger partial charge on any atom is 0.269 e. The molecule has 1 rings (SSSR count). The molecule has 1 radical (unpaired) electrons. The van der Waals surface area contributed by atoms with Crippen LogP contribution in [0.5, 0.6) is 0 Å². The van der Waals surface area contributed by atoms with E-state index in [1.165, 1.54) is 12.1 Å². The van der Waals surface area contributed by atoms with Gasteiger partial charge < -0.3 is 0 Å². The molecule has 12 heavy (non-hydrogen) atoms. The highest BCUT2D eigenvalue weighted by Gasteiger charge is 2.08. The normalized spacial score (nSPS) is 9.92. The summed E-state index contributed by atoms with van der Waals surface area (Å²) >= 11 is 16.8. The molecule has 63 valence electrons. The Hall–Kier alpha value is -0.440. The maximum atomic E-state index is 10.6. The van der Waals surface area contributed by atoms with Gasteiger partial charge in [-0.25, -0.2) is 0 Å². The number of hydrogen-bond acceptors (Lipinski definition) is 1. The summed E-state index contributed by atoms with van der Waals surface area (Å²) in [6.07, 6.45) is 0. The number of carbonyl (C=O) groups is 1. The lowest BCUT2D eigenvalue weighted by atomic mass is 10.2. The van der Waals surface area contributed by atoms with Gasteiger partial charge in [0.15, 0.2) is 0 Å². The Morgan fingerprint density at radius 3 is 1.92 bits per heavy atom. The summed E-state index contributed by atoms with van der Waals surface area (Å²) in [5.41, 5.74) is 6.92. The van der Waals surface area contributed by atoms with Crippen LogP contribution in [0.4, 0.5) is 0 Å². The third kappa shape index (κ3) is 1.83. The molecule has 0 heterocycles. The zero-order valence-electron chi connectivity index (χ0n) is 5.70. The summed E-state index contributed by atoms with van der Waals surface area (Å²) < 4.78 is 0. The van der Waals surface area contributed by atoms with Gasteiger partial charge in [0, 0.05) is 5.56 Å². The van der Waals surface area contributed by atoms with E-state index in [-0.39, 0.29) is 20.6 Å². The predicted octanol–water partition coefficient (Wildman–Crippen LogP) is 3.07. The lowest BCUT2D eigenvalue weighted by molar-refractivity contribution is 0.0992. The second-order valence-electron chi connectivity index (χ2n) is 2.08. The fraction of sp³-hybridized carbons (Fsp3) is 0. The van der Waals surface area contributed by atoms with Crippen LogP contribution in [0.1, 0.15) is 10.4 Å². The minimum Gasteiger partial charge on any atom is -0.267 e. The summed E-state index contributed by atoms with van der Waals surface area (Å²) in [6.45, 7) is 0. The van der Waals surface area contributed by atoms with Crippen LogP contribution in [0.15, 0.2) is 12.1 Å². The molecule has 0 atom stereocenters. The van der Waals surface area contributed by atoms with Crippen molar-refractivity contribution in [3.8, 4) is 0 Å². The van der Waals surface area contributed by atoms with Gasteiger partial charge in [0.2, 0.25) is 0 Å². The van der Waals surface area contributed by atoms with Gasteiger partial charge in [-0.3, -0.25) is 10.5 Å². The van der Waals surface area contributed by atoms with E-state index >= 15 is 0 Å². The van der Waals surface area contributed by atoms with Crippen LogP contribution in [0.2, 0.25) is 15.1 Å². The monoisotopic (exact) mass is 222 g/mol. The second-order valence-corrected chi connectivity index (χ2v) is 3.28. The molecular formula is C7H3Cl3NO. The average Bonchev–Trinajstić information content (AvgIpc) is 1.99. The van der Waals surface area contributed by atoms with E-state index in [0.717, 1.165) is 0 Å². The van der Waals surface area contributed by atoms with E-state index in [1.807, 2.05) is 0 Å². The Bertz CT molecular complexity index is 314. The van der Waals surface area contributed by atoms with E-state index in [0.29, 0.717) is 0 Å². The number of hydrogen-bond donors (Lipinski definition) is 0. The van der Waals surface area contributed by atoms with Crippen molar-refractivity contribution in [1.29, 1.82) is 0 Å². The van der Waals surface area contributed by atoms with Gasteiger partial charge in [0.1, 0.15) is 0 Å². The fourth-order valence-corrected chi connectivity index (χ4v) is 1.28. The van der Waals surface area contributed by atoms with Gasteiger partial charge in [-0.2, -0.15) is 0 Å². The molecule has 5 heteroatoms. The Morgan fingerprint density at radius 1 is 1.17 bits per heavy atom. The third-order valence-electron chi connectivity index (χ3n) is 1.25. The zero-order valence-corrected chi connectivity index (χ0v) is 7.96. The van der Waals surface area contributed by atoms with Crippen LogP contribution in [0, 0.1) is 0 Å². The molecule has 2 nitrogen and oxygen atoms in total. The number of benzene rings is 1. The van der Waals surface area contributed by atoms with E-state index in [4.69, 9.17) is 40.5 Å². The number of halogens is 3. The lowest BCUT2D eigenvalue weighted by Crippen LogP contribution is -1.98. The Labute approximate surface area is 84.2 Å². The van der Waals surface area contributed by atoms with E-state index in [1.54, 1.807) is 0 Å². The summed E-state index contributed by atoms with van der Waals surface area (Å²) in [4.78, 5) is 10.6. The molecule has 1 N–H and O–H groups in total. The summed E-state index contributed by atoms with van der Waals surface area (Å²) in [5.74, 6) is -0.838. The molecule has 1 aromatic carbocycles. The molecule has 0 fully saturated rings. The highest BCUT2D eigenvalue weighted by Crippen LogP contribution is 2.30. The Balaban J connectivity index is 3.31. The smallest absolute Gasteiger partial charge is 0.267 e. The molecule has 0 aliphatic carbocycles. The quantitative estimate of drug-likeness (QED) is 0.675. The van der Waals surface area contributed by atoms with Crippen LogP contribution in [0.3, 0.4) is 0 Å². The molecule has 0 aromatic heterocycles. The highest BCUT2D eigenvalue weighted by molar-refractivity contribution is 6.48. The maximum absolute atomic E-state index is 10.6. The van der Waals surface area contributed by atoms with Gasteiger partial charge in [-0.15, -0.1) is 0 Å². The number of nitrogens with one attached hydrogen (secondary N) is 1. The van der Waals surface area contributed by atoms with Crippen molar-refractivity contribution in [2.45, 2.75) is 0 Å². The first kappa shape index (κ1) is 9.65. The van der Waals surface area contributed by atoms with Gasteiger partial charge in [0.25, 0.3) is 5.91 Å². The SMILES string of the molecule is [NH]C(=O)c1cc(Cl)c(Cl)c(Cl)c1. The van der Waals surface area contributed by atoms with Gasteiger partial charge >= 0.3 is 0 Å². The molecule has 0 saturated heterocycles. The number of amides is 1. The molecule has 0 unspecified atom stereocenters. The molecule has 1 aromatic rings. The van der Waals surface area contributed by atoms with Crippen LogP contribution in [0.25, 0.3) is 0 Å². The first-order chi connectivity index (χ1) is 5.52. The zero-order chi connectivity index (χ0) is 9.30. The topological polar surface area (TPSA) is 40.9 Å². The van der Waals surface area contributed by atoms with Crippen LogP contribution >= 0.6 is 34.8 Å². The summed E-state index contributed by atoms with van der Waals surface area (Å²) in [6, 6.07) is 2.62. The van der Waals surface area contributed by atoms with Gasteiger partial charge in [-0.1, -0.05) is 34.8 Å². The number of rotatable bonds is 1. The summed E-state index contributed by atoms with van der Waals surface area (Å²) in [5, 5.41) is 0.558. The van der Waals surface area contributed by atoms with Crippen molar-refractivity contribution in [2.75, 3.05) is 0 Å². The minimum absolute atomic E-state index is 0.134. The fourth-order valence-electron chi connectivity index (χ4n) is 0.687. The Morgan fingerprint density at radius 2 is 1.58 bits per heavy atom. The molecule has 0 spiro atoms. The molecule has 0 aliphatic heterocycles. The van der Waals surface area contributed by atoms with E-state index in [9.17, 15) is 4.79 Å². The van der Waals surface area contributed by atoms with Crippen molar-refractivity contribution in [3.63, 3.8) is 0 Å². The standard InChI is InChI=1S/C7H3Cl3NO/c8-4-1-3(7(11)12)2-5(9)6(4)10/h1-2,11H. The van der Waals surface area contributed by atoms with Gasteiger partial charge in [0.05, 0.1) is 15.1 Å². The lowest BCUT2D eigenvalue weighted by Gasteiger charge is -2.00. The van der Waals surface area contributed by atoms with E-state index < -0.39 is 5.91 Å². The van der Waals surface area contributed by atoms with Crippen molar-refractivity contribution >= 4 is 40.7 Å². The second kappa shape index (κ2) is 3.52. The van der Waals surface area contributed by atoms with E-state index in [2.05, 4.69) is 0 Å². The average molecular weight is 223 g/mol. The predicted molar refractivity (Wildman–Crippen MR) is 48.9 cm³/mol. The van der Waals surface area contributed by atoms with Crippen molar-refractivity contribution in [3.05, 3.63) is 32.8 Å². The summed E-state index contributed by atoms with van der Waals surface area (Å²) in [7, 11) is 0. The third-order valence-corrected chi connectivity index (χ3v) is 2.44. The first-order valence-corrected chi connectivity index (χ1v) is 4.06. The van der Waals surface area contributed by atoms with Crippen LogP contribution in [-0.4, -0.2) is 5.91 Å². The van der Waals surface area contributed by atoms with Crippen molar-refractivity contribution in [1.82, 2.24) is 5.73 Å². The number of carbonyl (C=O) groups excluding carboxylic acids is 1. The Kier molecular flexibility index (Phi) is 2.83. The minimum atomic E-state index is -0.838. The van der Waals surface area contributed by atoms with Gasteiger partial charge in [-0.05, 0) is 12.1 Å². The molecule has 0 aliphatic rings. The van der Waals surface area contributed by atoms with Crippen molar-refractivity contribution < 1.29 is 4.79 Å². The highest BCUT2D eigenvalue weighted by atomic mass is 35.5. The first-order valence-electron chi connectivity index (χ1n) is 2.93. The largest absolute Gasteiger partial charge is 0.269 e. The molecule has 0 saturated carbocycles. The molecular weight excluding hydrogens is 220 g/mol. The van der Waals surface area contributed by atoms with Crippen molar-refractivity contribution in [2.24, 2.45) is 0 Å². The van der Waals surface area contributed by atoms with Crippen LogP contribution in [-0.2, 0) is 0 Å². The van der Waals surface area contributed by atoms with Crippen LogP contribution < -0.4 is 5.73 Å².